The quantitative estimate of drug-likeness (QED) is 0.692. The van der Waals surface area contributed by atoms with Gasteiger partial charge < -0.3 is 14.6 Å². The fourth-order valence-corrected chi connectivity index (χ4v) is 4.23. The summed E-state index contributed by atoms with van der Waals surface area (Å²) in [6.45, 7) is 0.408. The first-order chi connectivity index (χ1) is 13.6. The van der Waals surface area contributed by atoms with Crippen molar-refractivity contribution in [2.75, 3.05) is 11.1 Å². The van der Waals surface area contributed by atoms with Gasteiger partial charge in [0, 0.05) is 11.3 Å². The van der Waals surface area contributed by atoms with Crippen LogP contribution < -0.4 is 5.32 Å². The summed E-state index contributed by atoms with van der Waals surface area (Å²) in [5.74, 6) is 0.464. The molecule has 5 nitrogen and oxygen atoms in total. The fraction of sp³-hybridized carbons (Fsp3) is 0.143. The average molecular weight is 396 g/mol. The van der Waals surface area contributed by atoms with E-state index >= 15 is 0 Å². The van der Waals surface area contributed by atoms with E-state index in [1.54, 1.807) is 47.2 Å². The van der Waals surface area contributed by atoms with Gasteiger partial charge in [0.25, 0.3) is 5.91 Å². The predicted molar refractivity (Wildman–Crippen MR) is 105 cm³/mol. The van der Waals surface area contributed by atoms with Gasteiger partial charge in [0.05, 0.1) is 18.6 Å². The number of carbonyl (C=O) groups excluding carboxylic acids is 2. The molecule has 0 saturated carbocycles. The maximum Gasteiger partial charge on any atom is 0.255 e. The van der Waals surface area contributed by atoms with E-state index in [9.17, 15) is 14.0 Å². The van der Waals surface area contributed by atoms with Crippen LogP contribution in [0.1, 0.15) is 27.1 Å². The first kappa shape index (κ1) is 18.3. The summed E-state index contributed by atoms with van der Waals surface area (Å²) in [5, 5.41) is 2.55. The van der Waals surface area contributed by atoms with Crippen LogP contribution in [0.2, 0.25) is 0 Å². The zero-order valence-corrected chi connectivity index (χ0v) is 15.6. The summed E-state index contributed by atoms with van der Waals surface area (Å²) >= 11 is 1.54. The van der Waals surface area contributed by atoms with Gasteiger partial charge >= 0.3 is 0 Å². The molecule has 2 aromatic carbocycles. The number of rotatable bonds is 5. The van der Waals surface area contributed by atoms with Crippen LogP contribution >= 0.6 is 11.8 Å². The van der Waals surface area contributed by atoms with Crippen LogP contribution in [-0.2, 0) is 11.3 Å². The summed E-state index contributed by atoms with van der Waals surface area (Å²) in [5.41, 5.74) is 1.79. The van der Waals surface area contributed by atoms with Crippen LogP contribution in [0.3, 0.4) is 0 Å². The van der Waals surface area contributed by atoms with E-state index in [0.29, 0.717) is 23.5 Å². The Morgan fingerprint density at radius 1 is 1.18 bits per heavy atom. The standard InChI is InChI=1S/C21H17FN2O3S/c22-16-3-1-4-17(11-16)23-20(26)14-6-8-15(9-7-14)21-24(19(25)13-28-21)12-18-5-2-10-27-18/h1-11,21H,12-13H2,(H,23,26)/t21-/m0/s1. The molecule has 1 saturated heterocycles. The molecule has 4 rings (SSSR count). The van der Waals surface area contributed by atoms with Crippen molar-refractivity contribution in [3.8, 4) is 0 Å². The second-order valence-corrected chi connectivity index (χ2v) is 7.42. The highest BCUT2D eigenvalue weighted by Gasteiger charge is 2.33. The van der Waals surface area contributed by atoms with E-state index in [1.165, 1.54) is 18.2 Å². The molecule has 1 N–H and O–H groups in total. The van der Waals surface area contributed by atoms with Crippen molar-refractivity contribution in [1.29, 1.82) is 0 Å². The highest BCUT2D eigenvalue weighted by atomic mass is 32.2. The van der Waals surface area contributed by atoms with E-state index in [4.69, 9.17) is 4.42 Å². The lowest BCUT2D eigenvalue weighted by molar-refractivity contribution is -0.128. The molecule has 1 atom stereocenters. The van der Waals surface area contributed by atoms with Gasteiger partial charge in [0.15, 0.2) is 0 Å². The number of nitrogens with zero attached hydrogens (tertiary/aromatic N) is 1. The van der Waals surface area contributed by atoms with Crippen molar-refractivity contribution < 1.29 is 18.4 Å². The first-order valence-electron chi connectivity index (χ1n) is 8.70. The van der Waals surface area contributed by atoms with Gasteiger partial charge in [0.2, 0.25) is 5.91 Å². The molecule has 1 aromatic heterocycles. The topological polar surface area (TPSA) is 62.6 Å². The number of hydrogen-bond acceptors (Lipinski definition) is 4. The molecule has 2 heterocycles. The Hall–Kier alpha value is -3.06. The highest BCUT2D eigenvalue weighted by molar-refractivity contribution is 8.00. The van der Waals surface area contributed by atoms with E-state index < -0.39 is 5.82 Å². The number of thioether (sulfide) groups is 1. The molecule has 0 aliphatic carbocycles. The predicted octanol–water partition coefficient (Wildman–Crippen LogP) is 4.45. The maximum atomic E-state index is 13.3. The van der Waals surface area contributed by atoms with Crippen molar-refractivity contribution in [2.24, 2.45) is 0 Å². The minimum absolute atomic E-state index is 0.0549. The van der Waals surface area contributed by atoms with Gasteiger partial charge in [-0.15, -0.1) is 11.8 Å². The van der Waals surface area contributed by atoms with Crippen molar-refractivity contribution >= 4 is 29.3 Å². The molecule has 0 bridgehead atoms. The molecule has 1 aliphatic heterocycles. The number of halogens is 1. The number of furan rings is 1. The highest BCUT2D eigenvalue weighted by Crippen LogP contribution is 2.39. The molecular weight excluding hydrogens is 379 g/mol. The zero-order valence-electron chi connectivity index (χ0n) is 14.8. The molecule has 142 valence electrons. The molecule has 2 amide bonds. The largest absolute Gasteiger partial charge is 0.467 e. The third-order valence-electron chi connectivity index (χ3n) is 4.41. The van der Waals surface area contributed by atoms with E-state index in [2.05, 4.69) is 5.32 Å². The Bertz CT molecular complexity index is 989. The van der Waals surface area contributed by atoms with Gasteiger partial charge in [-0.05, 0) is 48.0 Å². The Morgan fingerprint density at radius 3 is 2.71 bits per heavy atom. The molecule has 28 heavy (non-hydrogen) atoms. The van der Waals surface area contributed by atoms with E-state index in [0.717, 1.165) is 11.3 Å². The Morgan fingerprint density at radius 2 is 2.00 bits per heavy atom. The summed E-state index contributed by atoms with van der Waals surface area (Å²) < 4.78 is 18.6. The second kappa shape index (κ2) is 7.90. The Kier molecular flexibility index (Phi) is 5.16. The molecule has 3 aromatic rings. The van der Waals surface area contributed by atoms with Crippen molar-refractivity contribution in [1.82, 2.24) is 4.90 Å². The zero-order chi connectivity index (χ0) is 19.5. The van der Waals surface area contributed by atoms with Crippen molar-refractivity contribution in [3.05, 3.63) is 89.6 Å². The van der Waals surface area contributed by atoms with E-state index in [1.807, 2.05) is 18.2 Å². The fourth-order valence-electron chi connectivity index (χ4n) is 3.04. The van der Waals surface area contributed by atoms with Gasteiger partial charge in [-0.1, -0.05) is 18.2 Å². The van der Waals surface area contributed by atoms with E-state index in [-0.39, 0.29) is 17.2 Å². The van der Waals surface area contributed by atoms with Gasteiger partial charge in [-0.25, -0.2) is 4.39 Å². The van der Waals surface area contributed by atoms with Gasteiger partial charge in [0.1, 0.15) is 17.0 Å². The summed E-state index contributed by atoms with van der Waals surface area (Å²) in [4.78, 5) is 26.4. The maximum absolute atomic E-state index is 13.3. The van der Waals surface area contributed by atoms with Crippen LogP contribution in [0, 0.1) is 5.82 Å². The Balaban J connectivity index is 1.47. The summed E-state index contributed by atoms with van der Waals surface area (Å²) in [6.07, 6.45) is 1.59. The summed E-state index contributed by atoms with van der Waals surface area (Å²) in [7, 11) is 0. The normalized spacial score (nSPS) is 16.4. The Labute approximate surface area is 165 Å². The lowest BCUT2D eigenvalue weighted by Crippen LogP contribution is -2.27. The number of anilines is 1. The lowest BCUT2D eigenvalue weighted by Gasteiger charge is -2.23. The smallest absolute Gasteiger partial charge is 0.255 e. The average Bonchev–Trinajstić information content (AvgIpc) is 3.33. The van der Waals surface area contributed by atoms with Crippen molar-refractivity contribution in [2.45, 2.75) is 11.9 Å². The molecular formula is C21H17FN2O3S. The number of amides is 2. The van der Waals surface area contributed by atoms with Crippen LogP contribution in [-0.4, -0.2) is 22.5 Å². The van der Waals surface area contributed by atoms with Crippen LogP contribution in [0.4, 0.5) is 10.1 Å². The number of nitrogens with one attached hydrogen (secondary N) is 1. The minimum Gasteiger partial charge on any atom is -0.467 e. The van der Waals surface area contributed by atoms with Crippen molar-refractivity contribution in [3.63, 3.8) is 0 Å². The minimum atomic E-state index is -0.410. The molecule has 1 fully saturated rings. The van der Waals surface area contributed by atoms with Crippen LogP contribution in [0.15, 0.2) is 71.3 Å². The van der Waals surface area contributed by atoms with Crippen LogP contribution in [0.5, 0.6) is 0 Å². The molecule has 1 aliphatic rings. The number of benzene rings is 2. The first-order valence-corrected chi connectivity index (χ1v) is 9.75. The number of carbonyl (C=O) groups is 2. The molecule has 7 heteroatoms. The number of hydrogen-bond donors (Lipinski definition) is 1. The SMILES string of the molecule is O=C(Nc1cccc(F)c1)c1ccc([C@@H]2SCC(=O)N2Cc2ccco2)cc1. The third kappa shape index (κ3) is 3.94. The lowest BCUT2D eigenvalue weighted by atomic mass is 10.1. The second-order valence-electron chi connectivity index (χ2n) is 6.35. The molecule has 0 radical (unpaired) electrons. The van der Waals surface area contributed by atoms with Gasteiger partial charge in [-0.3, -0.25) is 9.59 Å². The van der Waals surface area contributed by atoms with Gasteiger partial charge in [-0.2, -0.15) is 0 Å². The summed E-state index contributed by atoms with van der Waals surface area (Å²) in [6, 6.07) is 16.5. The monoisotopic (exact) mass is 396 g/mol. The third-order valence-corrected chi connectivity index (χ3v) is 5.67. The van der Waals surface area contributed by atoms with Crippen LogP contribution in [0.25, 0.3) is 0 Å². The molecule has 0 unspecified atom stereocenters. The molecule has 0 spiro atoms.